The molecule has 2 rings (SSSR count). The van der Waals surface area contributed by atoms with E-state index in [2.05, 4.69) is 36.4 Å². The molecule has 198 valence electrons. The van der Waals surface area contributed by atoms with E-state index in [-0.39, 0.29) is 12.3 Å². The highest BCUT2D eigenvalue weighted by atomic mass is 35.5. The van der Waals surface area contributed by atoms with Crippen molar-refractivity contribution in [3.63, 3.8) is 0 Å². The summed E-state index contributed by atoms with van der Waals surface area (Å²) in [6.07, 6.45) is 2.40. The van der Waals surface area contributed by atoms with Crippen LogP contribution in [0.5, 0.6) is 0 Å². The van der Waals surface area contributed by atoms with E-state index in [1.165, 1.54) is 11.0 Å². The predicted molar refractivity (Wildman–Crippen MR) is 153 cm³/mol. The number of halogens is 1. The van der Waals surface area contributed by atoms with E-state index >= 15 is 0 Å². The molecule has 2 aromatic carbocycles. The van der Waals surface area contributed by atoms with E-state index in [9.17, 15) is 14.4 Å². The molecular weight excluding hydrogens is 510 g/mol. The van der Waals surface area contributed by atoms with E-state index in [1.807, 2.05) is 19.1 Å². The van der Waals surface area contributed by atoms with Crippen LogP contribution >= 0.6 is 24.2 Å². The normalized spacial score (nSPS) is 12.6. The largest absolute Gasteiger partial charge is 0.444 e. The molecule has 7 nitrogen and oxygen atoms in total. The van der Waals surface area contributed by atoms with Gasteiger partial charge in [0.15, 0.2) is 0 Å². The Morgan fingerprint density at radius 1 is 1.16 bits per heavy atom. The first-order chi connectivity index (χ1) is 17.4. The van der Waals surface area contributed by atoms with Crippen LogP contribution in [-0.2, 0) is 14.3 Å². The summed E-state index contributed by atoms with van der Waals surface area (Å²) in [5, 5.41) is 5.82. The van der Waals surface area contributed by atoms with Gasteiger partial charge < -0.3 is 20.3 Å². The SMILES string of the molecule is C=CCN(C(=O)C(CS)NC(=O)OC(C)(C)C)C(C(=O)Nc1c(C)cccc1Cl)c1cccc(C=C)c1. The van der Waals surface area contributed by atoms with Gasteiger partial charge in [-0.15, -0.1) is 6.58 Å². The minimum Gasteiger partial charge on any atom is -0.444 e. The second kappa shape index (κ2) is 13.4. The monoisotopic (exact) mass is 543 g/mol. The number of nitrogens with one attached hydrogen (secondary N) is 2. The summed E-state index contributed by atoms with van der Waals surface area (Å²) in [6, 6.07) is 10.3. The van der Waals surface area contributed by atoms with E-state index in [4.69, 9.17) is 16.3 Å². The van der Waals surface area contributed by atoms with Crippen molar-refractivity contribution in [1.82, 2.24) is 10.2 Å². The van der Waals surface area contributed by atoms with Crippen molar-refractivity contribution in [2.75, 3.05) is 17.6 Å². The van der Waals surface area contributed by atoms with Gasteiger partial charge in [-0.05, 0) is 56.5 Å². The van der Waals surface area contributed by atoms with Gasteiger partial charge >= 0.3 is 6.09 Å². The number of para-hydroxylation sites is 1. The molecule has 9 heteroatoms. The molecule has 0 aliphatic carbocycles. The second-order valence-electron chi connectivity index (χ2n) is 9.36. The Bertz CT molecular complexity index is 1140. The van der Waals surface area contributed by atoms with Crippen molar-refractivity contribution < 1.29 is 19.1 Å². The van der Waals surface area contributed by atoms with E-state index < -0.39 is 35.6 Å². The van der Waals surface area contributed by atoms with Crippen LogP contribution < -0.4 is 10.6 Å². The standard InChI is InChI=1S/C28H34ClN3O4S/c1-7-15-32(26(34)22(17-37)30-27(35)36-28(4,5)6)24(20-13-10-12-19(8-2)16-20)25(33)31-23-18(3)11-9-14-21(23)29/h7-14,16,22,24,37H,1-2,15,17H2,3-6H3,(H,30,35)(H,31,33). The molecule has 0 aliphatic rings. The molecule has 0 radical (unpaired) electrons. The van der Waals surface area contributed by atoms with Gasteiger partial charge in [0, 0.05) is 12.3 Å². The van der Waals surface area contributed by atoms with Crippen molar-refractivity contribution >= 4 is 53.9 Å². The number of hydrogen-bond donors (Lipinski definition) is 3. The molecule has 0 saturated heterocycles. The maximum atomic E-state index is 13.8. The molecule has 0 spiro atoms. The van der Waals surface area contributed by atoms with Gasteiger partial charge in [0.1, 0.15) is 17.7 Å². The van der Waals surface area contributed by atoms with Crippen LogP contribution in [0.3, 0.4) is 0 Å². The molecule has 0 heterocycles. The van der Waals surface area contributed by atoms with Gasteiger partial charge in [0.05, 0.1) is 10.7 Å². The van der Waals surface area contributed by atoms with Crippen LogP contribution in [0.1, 0.15) is 43.5 Å². The summed E-state index contributed by atoms with van der Waals surface area (Å²) in [7, 11) is 0. The molecular formula is C28H34ClN3O4S. The molecule has 2 aromatic rings. The summed E-state index contributed by atoms with van der Waals surface area (Å²) in [5.41, 5.74) is 1.77. The van der Waals surface area contributed by atoms with Gasteiger partial charge in [-0.2, -0.15) is 12.6 Å². The van der Waals surface area contributed by atoms with Gasteiger partial charge in [-0.25, -0.2) is 4.79 Å². The van der Waals surface area contributed by atoms with Crippen molar-refractivity contribution in [2.45, 2.75) is 45.4 Å². The average molecular weight is 544 g/mol. The zero-order chi connectivity index (χ0) is 27.8. The third-order valence-electron chi connectivity index (χ3n) is 5.27. The third-order valence-corrected chi connectivity index (χ3v) is 5.95. The molecule has 37 heavy (non-hydrogen) atoms. The number of alkyl carbamates (subject to hydrolysis) is 1. The smallest absolute Gasteiger partial charge is 0.408 e. The molecule has 2 unspecified atom stereocenters. The molecule has 0 aromatic heterocycles. The minimum atomic E-state index is -1.08. The van der Waals surface area contributed by atoms with Gasteiger partial charge in [0.2, 0.25) is 5.91 Å². The lowest BCUT2D eigenvalue weighted by Gasteiger charge is -2.33. The van der Waals surface area contributed by atoms with E-state index in [0.717, 1.165) is 11.1 Å². The van der Waals surface area contributed by atoms with Crippen molar-refractivity contribution in [3.05, 3.63) is 83.4 Å². The first kappa shape index (κ1) is 30.0. The fraction of sp³-hybridized carbons (Fsp3) is 0.321. The minimum absolute atomic E-state index is 0.0175. The molecule has 0 saturated carbocycles. The Morgan fingerprint density at radius 2 is 1.84 bits per heavy atom. The Hall–Kier alpha value is -3.23. The van der Waals surface area contributed by atoms with Crippen LogP contribution in [0.4, 0.5) is 10.5 Å². The number of ether oxygens (including phenoxy) is 1. The van der Waals surface area contributed by atoms with Crippen LogP contribution in [0.25, 0.3) is 6.08 Å². The number of nitrogens with zero attached hydrogens (tertiary/aromatic N) is 1. The highest BCUT2D eigenvalue weighted by molar-refractivity contribution is 7.80. The maximum absolute atomic E-state index is 13.8. The number of rotatable bonds is 10. The van der Waals surface area contributed by atoms with Gasteiger partial charge in [-0.1, -0.05) is 60.7 Å². The molecule has 2 N–H and O–H groups in total. The highest BCUT2D eigenvalue weighted by Crippen LogP contribution is 2.30. The highest BCUT2D eigenvalue weighted by Gasteiger charge is 2.35. The quantitative estimate of drug-likeness (QED) is 0.261. The van der Waals surface area contributed by atoms with Crippen molar-refractivity contribution in [1.29, 1.82) is 0 Å². The van der Waals surface area contributed by atoms with Crippen molar-refractivity contribution in [2.24, 2.45) is 0 Å². The summed E-state index contributed by atoms with van der Waals surface area (Å²) < 4.78 is 5.31. The summed E-state index contributed by atoms with van der Waals surface area (Å²) in [5.74, 6) is -1.03. The second-order valence-corrected chi connectivity index (χ2v) is 10.1. The topological polar surface area (TPSA) is 87.7 Å². The molecule has 3 amide bonds. The maximum Gasteiger partial charge on any atom is 0.408 e. The lowest BCUT2D eigenvalue weighted by atomic mass is 10.00. The Kier molecular flexibility index (Phi) is 10.8. The molecule has 0 aliphatic heterocycles. The summed E-state index contributed by atoms with van der Waals surface area (Å²) >= 11 is 10.6. The molecule has 2 atom stereocenters. The Morgan fingerprint density at radius 3 is 2.41 bits per heavy atom. The fourth-order valence-corrected chi connectivity index (χ4v) is 4.12. The van der Waals surface area contributed by atoms with Gasteiger partial charge in [0.25, 0.3) is 5.91 Å². The number of carbonyl (C=O) groups excluding carboxylic acids is 3. The lowest BCUT2D eigenvalue weighted by Crippen LogP contribution is -2.53. The van der Waals surface area contributed by atoms with Crippen LogP contribution in [0.2, 0.25) is 5.02 Å². The number of carbonyl (C=O) groups is 3. The number of amides is 3. The van der Waals surface area contributed by atoms with Crippen LogP contribution in [0.15, 0.2) is 61.7 Å². The van der Waals surface area contributed by atoms with Crippen LogP contribution in [0, 0.1) is 6.92 Å². The molecule has 0 bridgehead atoms. The fourth-order valence-electron chi connectivity index (χ4n) is 3.61. The Balaban J connectivity index is 2.53. The van der Waals surface area contributed by atoms with Gasteiger partial charge in [-0.3, -0.25) is 9.59 Å². The predicted octanol–water partition coefficient (Wildman–Crippen LogP) is 5.81. The molecule has 0 fully saturated rings. The first-order valence-corrected chi connectivity index (χ1v) is 12.7. The number of hydrogen-bond acceptors (Lipinski definition) is 5. The average Bonchev–Trinajstić information content (AvgIpc) is 2.83. The number of benzene rings is 2. The number of aryl methyl sites for hydroxylation is 1. The first-order valence-electron chi connectivity index (χ1n) is 11.7. The van der Waals surface area contributed by atoms with E-state index in [1.54, 1.807) is 57.2 Å². The zero-order valence-electron chi connectivity index (χ0n) is 21.6. The van der Waals surface area contributed by atoms with E-state index in [0.29, 0.717) is 16.3 Å². The summed E-state index contributed by atoms with van der Waals surface area (Å²) in [4.78, 5) is 41.3. The number of anilines is 1. The summed E-state index contributed by atoms with van der Waals surface area (Å²) in [6.45, 7) is 14.6. The zero-order valence-corrected chi connectivity index (χ0v) is 23.2. The Labute approximate surface area is 229 Å². The van der Waals surface area contributed by atoms with Crippen LogP contribution in [-0.4, -0.2) is 46.7 Å². The van der Waals surface area contributed by atoms with Crippen molar-refractivity contribution in [3.8, 4) is 0 Å². The lowest BCUT2D eigenvalue weighted by molar-refractivity contribution is -0.139. The third kappa shape index (κ3) is 8.40. The number of thiol groups is 1.